The standard InChI is InChI=1S/C12H16N2O5/c1-6-4-14(12(18)13-11(6)17)10-3-8(7(2)16)9(5-15)19-10/h4,8-10,15H,3,5H2,1-2H3,(H,13,17,18)/t8-,9+,10+/m0/s1. The Kier molecular flexibility index (Phi) is 3.68. The van der Waals surface area contributed by atoms with Crippen LogP contribution in [-0.4, -0.2) is 33.2 Å². The van der Waals surface area contributed by atoms with Crippen molar-refractivity contribution in [2.75, 3.05) is 6.61 Å². The Labute approximate surface area is 108 Å². The molecule has 0 unspecified atom stereocenters. The molecule has 1 aromatic heterocycles. The molecule has 19 heavy (non-hydrogen) atoms. The number of H-pyrrole nitrogens is 1. The number of ether oxygens (including phenoxy) is 1. The van der Waals surface area contributed by atoms with E-state index in [4.69, 9.17) is 4.74 Å². The van der Waals surface area contributed by atoms with Gasteiger partial charge < -0.3 is 9.84 Å². The Morgan fingerprint density at radius 1 is 1.58 bits per heavy atom. The molecule has 0 radical (unpaired) electrons. The quantitative estimate of drug-likeness (QED) is 0.757. The monoisotopic (exact) mass is 268 g/mol. The number of aryl methyl sites for hydroxylation is 1. The molecule has 1 fully saturated rings. The molecule has 7 heteroatoms. The Morgan fingerprint density at radius 3 is 2.79 bits per heavy atom. The Balaban J connectivity index is 2.35. The number of nitrogens with one attached hydrogen (secondary N) is 1. The summed E-state index contributed by atoms with van der Waals surface area (Å²) in [5.74, 6) is -0.523. The first kappa shape index (κ1) is 13.7. The summed E-state index contributed by atoms with van der Waals surface area (Å²) in [5.41, 5.74) is -0.641. The molecule has 2 N–H and O–H groups in total. The molecule has 0 aromatic carbocycles. The van der Waals surface area contributed by atoms with Crippen molar-refractivity contribution in [3.8, 4) is 0 Å². The van der Waals surface area contributed by atoms with Crippen molar-refractivity contribution in [1.29, 1.82) is 0 Å². The average molecular weight is 268 g/mol. The largest absolute Gasteiger partial charge is 0.394 e. The molecule has 3 atom stereocenters. The molecule has 0 spiro atoms. The average Bonchev–Trinajstić information content (AvgIpc) is 2.77. The van der Waals surface area contributed by atoms with E-state index in [0.29, 0.717) is 12.0 Å². The summed E-state index contributed by atoms with van der Waals surface area (Å²) in [4.78, 5) is 36.7. The number of rotatable bonds is 3. The van der Waals surface area contributed by atoms with E-state index in [1.165, 1.54) is 17.7 Å². The van der Waals surface area contributed by atoms with Crippen LogP contribution in [0.4, 0.5) is 0 Å². The van der Waals surface area contributed by atoms with Gasteiger partial charge in [0.15, 0.2) is 0 Å². The number of aromatic amines is 1. The lowest BCUT2D eigenvalue weighted by molar-refractivity contribution is -0.123. The number of aliphatic hydroxyl groups is 1. The van der Waals surface area contributed by atoms with Crippen LogP contribution in [0.5, 0.6) is 0 Å². The van der Waals surface area contributed by atoms with Crippen LogP contribution in [0.3, 0.4) is 0 Å². The van der Waals surface area contributed by atoms with Gasteiger partial charge in [-0.3, -0.25) is 19.1 Å². The van der Waals surface area contributed by atoms with Crippen molar-refractivity contribution < 1.29 is 14.6 Å². The highest BCUT2D eigenvalue weighted by atomic mass is 16.5. The molecule has 0 aliphatic carbocycles. The van der Waals surface area contributed by atoms with Gasteiger partial charge in [-0.25, -0.2) is 4.79 Å². The molecule has 1 saturated heterocycles. The number of nitrogens with zero attached hydrogens (tertiary/aromatic N) is 1. The first-order valence-corrected chi connectivity index (χ1v) is 6.03. The van der Waals surface area contributed by atoms with E-state index in [0.717, 1.165) is 0 Å². The van der Waals surface area contributed by atoms with Gasteiger partial charge in [0, 0.05) is 18.2 Å². The smallest absolute Gasteiger partial charge is 0.330 e. The van der Waals surface area contributed by atoms with E-state index in [1.807, 2.05) is 0 Å². The Morgan fingerprint density at radius 2 is 2.26 bits per heavy atom. The lowest BCUT2D eigenvalue weighted by atomic mass is 9.97. The van der Waals surface area contributed by atoms with Gasteiger partial charge in [0.2, 0.25) is 0 Å². The van der Waals surface area contributed by atoms with Crippen LogP contribution in [0.1, 0.15) is 25.1 Å². The van der Waals surface area contributed by atoms with E-state index < -0.39 is 29.5 Å². The van der Waals surface area contributed by atoms with Gasteiger partial charge in [-0.2, -0.15) is 0 Å². The maximum atomic E-state index is 11.7. The zero-order valence-electron chi connectivity index (χ0n) is 10.8. The molecule has 7 nitrogen and oxygen atoms in total. The second kappa shape index (κ2) is 5.10. The minimum atomic E-state index is -0.644. The normalized spacial score (nSPS) is 26.6. The van der Waals surface area contributed by atoms with Gasteiger partial charge in [-0.05, 0) is 13.8 Å². The number of Topliss-reactive ketones (excluding diaryl/α,β-unsaturated/α-hetero) is 1. The molecule has 2 rings (SSSR count). The zero-order chi connectivity index (χ0) is 14.2. The van der Waals surface area contributed by atoms with Crippen LogP contribution in [0.25, 0.3) is 0 Å². The van der Waals surface area contributed by atoms with Gasteiger partial charge in [0.05, 0.1) is 18.6 Å². The van der Waals surface area contributed by atoms with Crippen LogP contribution in [0.15, 0.2) is 15.8 Å². The van der Waals surface area contributed by atoms with Crippen molar-refractivity contribution in [3.63, 3.8) is 0 Å². The van der Waals surface area contributed by atoms with Gasteiger partial charge >= 0.3 is 5.69 Å². The first-order valence-electron chi connectivity index (χ1n) is 6.03. The maximum Gasteiger partial charge on any atom is 0.330 e. The van der Waals surface area contributed by atoms with Gasteiger partial charge in [-0.15, -0.1) is 0 Å². The zero-order valence-corrected chi connectivity index (χ0v) is 10.8. The molecule has 2 heterocycles. The van der Waals surface area contributed by atoms with Crippen LogP contribution < -0.4 is 11.2 Å². The fraction of sp³-hybridized carbons (Fsp3) is 0.583. The summed E-state index contributed by atoms with van der Waals surface area (Å²) in [6.07, 6.45) is 0.463. The van der Waals surface area contributed by atoms with E-state index in [2.05, 4.69) is 4.98 Å². The molecular weight excluding hydrogens is 252 g/mol. The third-order valence-electron chi connectivity index (χ3n) is 3.39. The molecule has 1 aliphatic heterocycles. The highest BCUT2D eigenvalue weighted by molar-refractivity contribution is 5.79. The second-order valence-electron chi connectivity index (χ2n) is 4.74. The maximum absolute atomic E-state index is 11.7. The van der Waals surface area contributed by atoms with Crippen LogP contribution >= 0.6 is 0 Å². The number of carbonyl (C=O) groups is 1. The van der Waals surface area contributed by atoms with E-state index in [-0.39, 0.29) is 12.4 Å². The number of aliphatic hydroxyl groups excluding tert-OH is 1. The minimum Gasteiger partial charge on any atom is -0.394 e. The van der Waals surface area contributed by atoms with Crippen LogP contribution in [0.2, 0.25) is 0 Å². The fourth-order valence-electron chi connectivity index (χ4n) is 2.30. The Hall–Kier alpha value is -1.73. The lowest BCUT2D eigenvalue weighted by Gasteiger charge is -2.15. The van der Waals surface area contributed by atoms with Crippen LogP contribution in [0, 0.1) is 12.8 Å². The summed E-state index contributed by atoms with van der Waals surface area (Å²) in [6.45, 7) is 2.73. The third-order valence-corrected chi connectivity index (χ3v) is 3.39. The number of aromatic nitrogens is 2. The van der Waals surface area contributed by atoms with Crippen molar-refractivity contribution in [3.05, 3.63) is 32.6 Å². The highest BCUT2D eigenvalue weighted by Gasteiger charge is 2.38. The summed E-state index contributed by atoms with van der Waals surface area (Å²) in [5, 5.41) is 9.20. The molecule has 0 saturated carbocycles. The highest BCUT2D eigenvalue weighted by Crippen LogP contribution is 2.32. The summed E-state index contributed by atoms with van der Waals surface area (Å²) < 4.78 is 6.77. The molecule has 104 valence electrons. The fourth-order valence-corrected chi connectivity index (χ4v) is 2.30. The van der Waals surface area contributed by atoms with Crippen LogP contribution in [-0.2, 0) is 9.53 Å². The Bertz CT molecular complexity index is 603. The van der Waals surface area contributed by atoms with Gasteiger partial charge in [0.25, 0.3) is 5.56 Å². The molecule has 0 amide bonds. The van der Waals surface area contributed by atoms with E-state index in [9.17, 15) is 19.5 Å². The van der Waals surface area contributed by atoms with E-state index >= 15 is 0 Å². The predicted octanol–water partition coefficient (Wildman–Crippen LogP) is -0.670. The number of hydrogen-bond acceptors (Lipinski definition) is 5. The minimum absolute atomic E-state index is 0.0873. The SMILES string of the molecule is CC(=O)[C@@H]1C[C@H](n2cc(C)c(=O)[nH]c2=O)O[C@@H]1CO. The summed E-state index contributed by atoms with van der Waals surface area (Å²) in [6, 6.07) is 0. The first-order chi connectivity index (χ1) is 8.93. The van der Waals surface area contributed by atoms with Gasteiger partial charge in [0.1, 0.15) is 12.0 Å². The third kappa shape index (κ3) is 2.52. The second-order valence-corrected chi connectivity index (χ2v) is 4.74. The number of carbonyl (C=O) groups excluding carboxylic acids is 1. The number of ketones is 1. The van der Waals surface area contributed by atoms with Crippen molar-refractivity contribution in [1.82, 2.24) is 9.55 Å². The lowest BCUT2D eigenvalue weighted by Crippen LogP contribution is -2.33. The number of hydrogen-bond donors (Lipinski definition) is 2. The summed E-state index contributed by atoms with van der Waals surface area (Å²) >= 11 is 0. The molecular formula is C12H16N2O5. The van der Waals surface area contributed by atoms with E-state index in [1.54, 1.807) is 6.92 Å². The van der Waals surface area contributed by atoms with Crippen molar-refractivity contribution >= 4 is 5.78 Å². The van der Waals surface area contributed by atoms with Crippen molar-refractivity contribution in [2.45, 2.75) is 32.6 Å². The van der Waals surface area contributed by atoms with Gasteiger partial charge in [-0.1, -0.05) is 0 Å². The molecule has 1 aliphatic rings. The van der Waals surface area contributed by atoms with Crippen molar-refractivity contribution in [2.24, 2.45) is 5.92 Å². The molecule has 0 bridgehead atoms. The topological polar surface area (TPSA) is 101 Å². The molecule has 1 aromatic rings. The predicted molar refractivity (Wildman–Crippen MR) is 65.8 cm³/mol. The summed E-state index contributed by atoms with van der Waals surface area (Å²) in [7, 11) is 0.